The molecule has 0 amide bonds. The summed E-state index contributed by atoms with van der Waals surface area (Å²) in [6.07, 6.45) is 2.53. The lowest BCUT2D eigenvalue weighted by atomic mass is 9.83. The van der Waals surface area contributed by atoms with Gasteiger partial charge in [0.25, 0.3) is 0 Å². The molecule has 0 unspecified atom stereocenters. The van der Waals surface area contributed by atoms with Crippen molar-refractivity contribution in [1.29, 1.82) is 0 Å². The second-order valence-electron chi connectivity index (χ2n) is 8.09. The number of halogens is 2. The second-order valence-corrected chi connectivity index (χ2v) is 13.3. The summed E-state index contributed by atoms with van der Waals surface area (Å²) in [6, 6.07) is 4.42. The minimum atomic E-state index is -1.66. The Balaban J connectivity index is 1.69. The lowest BCUT2D eigenvalue weighted by molar-refractivity contribution is -0.00839. The molecule has 130 valence electrons. The molecule has 0 aliphatic heterocycles. The number of benzene rings is 1. The molecule has 2 nitrogen and oxygen atoms in total. The van der Waals surface area contributed by atoms with Gasteiger partial charge in [0.05, 0.1) is 13.2 Å². The summed E-state index contributed by atoms with van der Waals surface area (Å²) in [4.78, 5) is 0. The zero-order valence-electron chi connectivity index (χ0n) is 14.8. The highest BCUT2D eigenvalue weighted by Gasteiger charge is 2.42. The van der Waals surface area contributed by atoms with E-state index in [9.17, 15) is 4.39 Å². The summed E-state index contributed by atoms with van der Waals surface area (Å²) < 4.78 is 25.1. The van der Waals surface area contributed by atoms with Gasteiger partial charge in [-0.1, -0.05) is 38.4 Å². The van der Waals surface area contributed by atoms with E-state index >= 15 is 0 Å². The summed E-state index contributed by atoms with van der Waals surface area (Å²) in [5.74, 6) is 0.243. The fourth-order valence-corrected chi connectivity index (χ4v) is 4.08. The molecular formula is C18H28ClFO2Si. The van der Waals surface area contributed by atoms with Crippen molar-refractivity contribution in [2.45, 2.75) is 64.5 Å². The first-order valence-electron chi connectivity index (χ1n) is 8.28. The molecule has 0 aromatic heterocycles. The third-order valence-electron chi connectivity index (χ3n) is 5.09. The van der Waals surface area contributed by atoms with Crippen LogP contribution in [0.3, 0.4) is 0 Å². The maximum atomic E-state index is 13.0. The van der Waals surface area contributed by atoms with Crippen molar-refractivity contribution in [1.82, 2.24) is 0 Å². The normalized spacial score (nSPS) is 22.0. The van der Waals surface area contributed by atoms with Crippen molar-refractivity contribution in [3.8, 4) is 0 Å². The van der Waals surface area contributed by atoms with E-state index in [1.807, 2.05) is 0 Å². The zero-order valence-corrected chi connectivity index (χ0v) is 16.5. The smallest absolute Gasteiger partial charge is 0.192 e. The van der Waals surface area contributed by atoms with Crippen LogP contribution >= 0.6 is 11.6 Å². The number of rotatable bonds is 6. The minimum Gasteiger partial charge on any atom is -0.414 e. The first kappa shape index (κ1) is 18.9. The van der Waals surface area contributed by atoms with Gasteiger partial charge < -0.3 is 9.16 Å². The number of hydrogen-bond donors (Lipinski definition) is 0. The highest BCUT2D eigenvalue weighted by molar-refractivity contribution is 6.74. The lowest BCUT2D eigenvalue weighted by Crippen LogP contribution is -2.48. The summed E-state index contributed by atoms with van der Waals surface area (Å²) in [5.41, 5.74) is 0.835. The quantitative estimate of drug-likeness (QED) is 0.598. The fraction of sp³-hybridized carbons (Fsp3) is 0.667. The lowest BCUT2D eigenvalue weighted by Gasteiger charge is -2.44. The molecule has 23 heavy (non-hydrogen) atoms. The summed E-state index contributed by atoms with van der Waals surface area (Å²) in [6.45, 7) is 12.6. The monoisotopic (exact) mass is 358 g/mol. The Morgan fingerprint density at radius 3 is 2.48 bits per heavy atom. The highest BCUT2D eigenvalue weighted by Crippen LogP contribution is 2.41. The van der Waals surface area contributed by atoms with E-state index in [0.29, 0.717) is 30.3 Å². The molecule has 2 rings (SSSR count). The van der Waals surface area contributed by atoms with Crippen LogP contribution < -0.4 is 0 Å². The van der Waals surface area contributed by atoms with Crippen LogP contribution in [0.5, 0.6) is 0 Å². The molecule has 0 atom stereocenters. The molecule has 0 N–H and O–H groups in total. The van der Waals surface area contributed by atoms with E-state index in [0.717, 1.165) is 18.4 Å². The summed E-state index contributed by atoms with van der Waals surface area (Å²) in [7, 11) is -1.66. The van der Waals surface area contributed by atoms with Gasteiger partial charge in [-0.25, -0.2) is 4.39 Å². The molecule has 5 heteroatoms. The fourth-order valence-electron chi connectivity index (χ4n) is 2.47. The Bertz CT molecular complexity index is 536. The molecule has 0 radical (unpaired) electrons. The molecule has 0 bridgehead atoms. The van der Waals surface area contributed by atoms with Crippen LogP contribution in [-0.2, 0) is 15.8 Å². The maximum Gasteiger partial charge on any atom is 0.192 e. The van der Waals surface area contributed by atoms with Crippen molar-refractivity contribution in [2.75, 3.05) is 6.61 Å². The van der Waals surface area contributed by atoms with Crippen molar-refractivity contribution in [2.24, 2.45) is 5.92 Å². The van der Waals surface area contributed by atoms with E-state index in [-0.39, 0.29) is 10.9 Å². The van der Waals surface area contributed by atoms with Gasteiger partial charge in [0.2, 0.25) is 0 Å². The topological polar surface area (TPSA) is 18.5 Å². The molecule has 0 heterocycles. The Morgan fingerprint density at radius 1 is 1.26 bits per heavy atom. The number of hydrogen-bond acceptors (Lipinski definition) is 2. The maximum absolute atomic E-state index is 13.0. The van der Waals surface area contributed by atoms with E-state index in [1.54, 1.807) is 6.07 Å². The van der Waals surface area contributed by atoms with Gasteiger partial charge in [-0.15, -0.1) is 0 Å². The molecule has 1 aliphatic carbocycles. The molecule has 1 aromatic carbocycles. The van der Waals surface area contributed by atoms with Crippen LogP contribution in [0, 0.1) is 11.7 Å². The van der Waals surface area contributed by atoms with Gasteiger partial charge in [-0.2, -0.15) is 0 Å². The standard InChI is InChI=1S/C18H28ClFO2Si/c1-18(2,3)23(4,5)22-16-8-13(9-16)11-21-12-14-6-7-15(20)10-17(14)19/h6-7,10,13,16H,8-9,11-12H2,1-5H3. The van der Waals surface area contributed by atoms with E-state index in [1.165, 1.54) is 12.1 Å². The second kappa shape index (κ2) is 7.22. The van der Waals surface area contributed by atoms with E-state index in [2.05, 4.69) is 33.9 Å². The van der Waals surface area contributed by atoms with Gasteiger partial charge >= 0.3 is 0 Å². The molecule has 1 aromatic rings. The minimum absolute atomic E-state index is 0.258. The van der Waals surface area contributed by atoms with E-state index in [4.69, 9.17) is 20.8 Å². The Labute approximate surface area is 145 Å². The molecule has 1 aliphatic rings. The predicted molar refractivity (Wildman–Crippen MR) is 95.9 cm³/mol. The average Bonchev–Trinajstić information content (AvgIpc) is 2.36. The molecular weight excluding hydrogens is 331 g/mol. The highest BCUT2D eigenvalue weighted by atomic mass is 35.5. The molecule has 1 saturated carbocycles. The van der Waals surface area contributed by atoms with Crippen molar-refractivity contribution >= 4 is 19.9 Å². The summed E-state index contributed by atoms with van der Waals surface area (Å²) in [5, 5.41) is 0.686. The van der Waals surface area contributed by atoms with Gasteiger partial charge in [0.1, 0.15) is 5.82 Å². The van der Waals surface area contributed by atoms with E-state index < -0.39 is 8.32 Å². The third-order valence-corrected chi connectivity index (χ3v) is 9.97. The molecule has 0 spiro atoms. The van der Waals surface area contributed by atoms with Crippen molar-refractivity contribution in [3.05, 3.63) is 34.6 Å². The van der Waals surface area contributed by atoms with Crippen LogP contribution in [0.1, 0.15) is 39.2 Å². The Hall–Kier alpha value is -0.423. The van der Waals surface area contributed by atoms with Gasteiger partial charge in [-0.3, -0.25) is 0 Å². The third kappa shape index (κ3) is 5.02. The first-order chi connectivity index (χ1) is 10.6. The average molecular weight is 359 g/mol. The number of ether oxygens (including phenoxy) is 1. The van der Waals surface area contributed by atoms with Crippen molar-refractivity contribution in [3.63, 3.8) is 0 Å². The predicted octanol–water partition coefficient (Wildman–Crippen LogP) is 5.80. The van der Waals surface area contributed by atoms with Crippen molar-refractivity contribution < 1.29 is 13.6 Å². The summed E-state index contributed by atoms with van der Waals surface area (Å²) >= 11 is 6.00. The molecule has 0 saturated heterocycles. The Kier molecular flexibility index (Phi) is 5.93. The van der Waals surface area contributed by atoms with Crippen LogP contribution in [0.15, 0.2) is 18.2 Å². The Morgan fingerprint density at radius 2 is 1.91 bits per heavy atom. The largest absolute Gasteiger partial charge is 0.414 e. The van der Waals surface area contributed by atoms with Gasteiger partial charge in [-0.05, 0) is 54.6 Å². The van der Waals surface area contributed by atoms with Crippen LogP contribution in [0.2, 0.25) is 23.2 Å². The SMILES string of the molecule is CC(C)(C)[Si](C)(C)OC1CC(COCc2ccc(F)cc2Cl)C1. The van der Waals surface area contributed by atoms with Crippen LogP contribution in [0.25, 0.3) is 0 Å². The molecule has 1 fully saturated rings. The zero-order chi connectivity index (χ0) is 17.3. The van der Waals surface area contributed by atoms with Crippen LogP contribution in [0.4, 0.5) is 4.39 Å². The van der Waals surface area contributed by atoms with Gasteiger partial charge in [0, 0.05) is 11.1 Å². The van der Waals surface area contributed by atoms with Gasteiger partial charge in [0.15, 0.2) is 8.32 Å². The first-order valence-corrected chi connectivity index (χ1v) is 11.6. The van der Waals surface area contributed by atoms with Crippen LogP contribution in [-0.4, -0.2) is 21.0 Å².